The molecule has 1 aromatic rings. The molecule has 2 fully saturated rings. The Kier molecular flexibility index (Phi) is 3.82. The van der Waals surface area contributed by atoms with Gasteiger partial charge < -0.3 is 15.2 Å². The summed E-state index contributed by atoms with van der Waals surface area (Å²) in [6, 6.07) is 4.72. The van der Waals surface area contributed by atoms with Crippen LogP contribution in [0.15, 0.2) is 18.2 Å². The second-order valence-corrected chi connectivity index (χ2v) is 6.14. The fourth-order valence-electron chi connectivity index (χ4n) is 3.13. The maximum Gasteiger partial charge on any atom is 0.310 e. The third-order valence-corrected chi connectivity index (χ3v) is 4.61. The Hall–Kier alpha value is -1.30. The summed E-state index contributed by atoms with van der Waals surface area (Å²) in [6.07, 6.45) is 0.672. The zero-order valence-electron chi connectivity index (χ0n) is 10.9. The molecule has 4 unspecified atom stereocenters. The Morgan fingerprint density at radius 2 is 1.86 bits per heavy atom. The predicted molar refractivity (Wildman–Crippen MR) is 77.6 cm³/mol. The van der Waals surface area contributed by atoms with E-state index in [0.29, 0.717) is 28.6 Å². The third kappa shape index (κ3) is 2.61. The van der Waals surface area contributed by atoms with Gasteiger partial charge >= 0.3 is 5.97 Å². The van der Waals surface area contributed by atoms with Gasteiger partial charge in [0.05, 0.1) is 34.8 Å². The summed E-state index contributed by atoms with van der Waals surface area (Å²) in [5.41, 5.74) is 0.376. The molecule has 2 aliphatic heterocycles. The molecule has 0 spiro atoms. The Morgan fingerprint density at radius 1 is 1.19 bits per heavy atom. The highest BCUT2D eigenvalue weighted by Crippen LogP contribution is 2.44. The zero-order valence-corrected chi connectivity index (χ0v) is 12.4. The number of hydrogen-bond acceptors (Lipinski definition) is 3. The summed E-state index contributed by atoms with van der Waals surface area (Å²) >= 11 is 11.9. The van der Waals surface area contributed by atoms with E-state index < -0.39 is 23.7 Å². The SMILES string of the molecule is O=C(O)C1C2CCC(O2)C1C(=O)Nc1cc(Cl)ccc1Cl. The number of carbonyl (C=O) groups excluding carboxylic acids is 1. The number of fused-ring (bicyclic) bond motifs is 2. The summed E-state index contributed by atoms with van der Waals surface area (Å²) in [5, 5.41) is 12.8. The second-order valence-electron chi connectivity index (χ2n) is 5.29. The predicted octanol–water partition coefficient (Wildman–Crippen LogP) is 2.81. The highest BCUT2D eigenvalue weighted by atomic mass is 35.5. The van der Waals surface area contributed by atoms with E-state index in [1.165, 1.54) is 6.07 Å². The van der Waals surface area contributed by atoms with Gasteiger partial charge in [0, 0.05) is 5.02 Å². The van der Waals surface area contributed by atoms with Gasteiger partial charge in [-0.3, -0.25) is 9.59 Å². The van der Waals surface area contributed by atoms with Crippen molar-refractivity contribution in [3.05, 3.63) is 28.2 Å². The normalized spacial score (nSPS) is 30.4. The van der Waals surface area contributed by atoms with Crippen molar-refractivity contribution in [2.75, 3.05) is 5.32 Å². The topological polar surface area (TPSA) is 75.6 Å². The summed E-state index contributed by atoms with van der Waals surface area (Å²) in [4.78, 5) is 23.8. The van der Waals surface area contributed by atoms with Crippen molar-refractivity contribution in [2.45, 2.75) is 25.0 Å². The second kappa shape index (κ2) is 5.48. The molecule has 0 saturated carbocycles. The average molecular weight is 330 g/mol. The van der Waals surface area contributed by atoms with E-state index in [9.17, 15) is 14.7 Å². The van der Waals surface area contributed by atoms with Crippen LogP contribution in [0.3, 0.4) is 0 Å². The number of ether oxygens (including phenoxy) is 1. The van der Waals surface area contributed by atoms with Crippen molar-refractivity contribution in [1.82, 2.24) is 0 Å². The van der Waals surface area contributed by atoms with Crippen LogP contribution in [-0.4, -0.2) is 29.2 Å². The maximum atomic E-state index is 12.4. The Labute approximate surface area is 131 Å². The number of hydrogen-bond donors (Lipinski definition) is 2. The highest BCUT2D eigenvalue weighted by Gasteiger charge is 2.55. The Morgan fingerprint density at radius 3 is 2.52 bits per heavy atom. The molecule has 7 heteroatoms. The van der Waals surface area contributed by atoms with Crippen LogP contribution in [0.5, 0.6) is 0 Å². The average Bonchev–Trinajstić information content (AvgIpc) is 3.03. The summed E-state index contributed by atoms with van der Waals surface area (Å²) in [7, 11) is 0. The van der Waals surface area contributed by atoms with Gasteiger partial charge in [-0.2, -0.15) is 0 Å². The molecule has 4 atom stereocenters. The number of anilines is 1. The zero-order chi connectivity index (χ0) is 15.1. The number of amides is 1. The number of aliphatic carboxylic acids is 1. The molecule has 2 heterocycles. The number of carboxylic acids is 1. The van der Waals surface area contributed by atoms with Crippen LogP contribution in [0.2, 0.25) is 10.0 Å². The van der Waals surface area contributed by atoms with E-state index >= 15 is 0 Å². The van der Waals surface area contributed by atoms with Crippen LogP contribution >= 0.6 is 23.2 Å². The molecular formula is C14H13Cl2NO4. The van der Waals surface area contributed by atoms with E-state index in [1.54, 1.807) is 12.1 Å². The van der Waals surface area contributed by atoms with Gasteiger partial charge in [0.2, 0.25) is 5.91 Å². The van der Waals surface area contributed by atoms with Crippen molar-refractivity contribution in [2.24, 2.45) is 11.8 Å². The molecule has 3 rings (SSSR count). The van der Waals surface area contributed by atoms with E-state index in [0.717, 1.165) is 0 Å². The number of nitrogens with one attached hydrogen (secondary N) is 1. The first kappa shape index (κ1) is 14.6. The molecule has 2 aliphatic rings. The number of halogens is 2. The summed E-state index contributed by atoms with van der Waals surface area (Å²) in [5.74, 6) is -2.89. The first-order chi connectivity index (χ1) is 9.97. The van der Waals surface area contributed by atoms with E-state index in [2.05, 4.69) is 5.32 Å². The van der Waals surface area contributed by atoms with Gasteiger partial charge in [0.15, 0.2) is 0 Å². The molecule has 1 aromatic carbocycles. The molecular weight excluding hydrogens is 317 g/mol. The first-order valence-electron chi connectivity index (χ1n) is 6.61. The Bertz CT molecular complexity index is 607. The number of carboxylic acid groups (broad SMARTS) is 1. The van der Waals surface area contributed by atoms with Gasteiger partial charge in [0.25, 0.3) is 0 Å². The number of benzene rings is 1. The van der Waals surface area contributed by atoms with E-state index in [4.69, 9.17) is 27.9 Å². The lowest BCUT2D eigenvalue weighted by Gasteiger charge is -2.24. The van der Waals surface area contributed by atoms with Crippen LogP contribution in [-0.2, 0) is 14.3 Å². The van der Waals surface area contributed by atoms with Gasteiger partial charge in [-0.05, 0) is 31.0 Å². The van der Waals surface area contributed by atoms with E-state index in [-0.39, 0.29) is 12.2 Å². The minimum Gasteiger partial charge on any atom is -0.481 e. The lowest BCUT2D eigenvalue weighted by molar-refractivity contribution is -0.147. The lowest BCUT2D eigenvalue weighted by Crippen LogP contribution is -2.41. The summed E-state index contributed by atoms with van der Waals surface area (Å²) in [6.45, 7) is 0. The molecule has 2 N–H and O–H groups in total. The van der Waals surface area contributed by atoms with Crippen molar-refractivity contribution in [1.29, 1.82) is 0 Å². The standard InChI is InChI=1S/C14H13Cl2NO4/c15-6-1-2-7(16)8(5-6)17-13(18)11-9-3-4-10(21-9)12(11)14(19)20/h1-2,5,9-12H,3-4H2,(H,17,18)(H,19,20). The molecule has 0 aliphatic carbocycles. The monoisotopic (exact) mass is 329 g/mol. The molecule has 0 aromatic heterocycles. The molecule has 5 nitrogen and oxygen atoms in total. The molecule has 21 heavy (non-hydrogen) atoms. The lowest BCUT2D eigenvalue weighted by atomic mass is 9.78. The minimum atomic E-state index is -1.00. The smallest absolute Gasteiger partial charge is 0.310 e. The van der Waals surface area contributed by atoms with Crippen molar-refractivity contribution >= 4 is 40.8 Å². The molecule has 112 valence electrons. The van der Waals surface area contributed by atoms with Gasteiger partial charge in [-0.1, -0.05) is 23.2 Å². The van der Waals surface area contributed by atoms with Crippen molar-refractivity contribution in [3.8, 4) is 0 Å². The molecule has 0 radical (unpaired) electrons. The molecule has 2 bridgehead atoms. The maximum absolute atomic E-state index is 12.4. The van der Waals surface area contributed by atoms with Crippen LogP contribution in [0, 0.1) is 11.8 Å². The highest BCUT2D eigenvalue weighted by molar-refractivity contribution is 6.35. The summed E-state index contributed by atoms with van der Waals surface area (Å²) < 4.78 is 5.57. The number of carbonyl (C=O) groups is 2. The van der Waals surface area contributed by atoms with Crippen LogP contribution < -0.4 is 5.32 Å². The van der Waals surface area contributed by atoms with E-state index in [1.807, 2.05) is 0 Å². The fourth-order valence-corrected chi connectivity index (χ4v) is 3.47. The minimum absolute atomic E-state index is 0.339. The van der Waals surface area contributed by atoms with Crippen molar-refractivity contribution in [3.63, 3.8) is 0 Å². The van der Waals surface area contributed by atoms with Crippen LogP contribution in [0.25, 0.3) is 0 Å². The first-order valence-corrected chi connectivity index (χ1v) is 7.37. The Balaban J connectivity index is 1.81. The molecule has 2 saturated heterocycles. The quantitative estimate of drug-likeness (QED) is 0.894. The van der Waals surface area contributed by atoms with Crippen LogP contribution in [0.1, 0.15) is 12.8 Å². The van der Waals surface area contributed by atoms with Gasteiger partial charge in [-0.15, -0.1) is 0 Å². The fraction of sp³-hybridized carbons (Fsp3) is 0.429. The van der Waals surface area contributed by atoms with Gasteiger partial charge in [0.1, 0.15) is 0 Å². The number of rotatable bonds is 3. The van der Waals surface area contributed by atoms with Gasteiger partial charge in [-0.25, -0.2) is 0 Å². The largest absolute Gasteiger partial charge is 0.481 e. The third-order valence-electron chi connectivity index (χ3n) is 4.05. The molecule has 1 amide bonds. The van der Waals surface area contributed by atoms with Crippen molar-refractivity contribution < 1.29 is 19.4 Å². The van der Waals surface area contributed by atoms with Crippen LogP contribution in [0.4, 0.5) is 5.69 Å².